The number of benzene rings is 2. The summed E-state index contributed by atoms with van der Waals surface area (Å²) < 4.78 is 5.07. The minimum absolute atomic E-state index is 0.286. The van der Waals surface area contributed by atoms with E-state index in [1.54, 1.807) is 12.1 Å². The Morgan fingerprint density at radius 3 is 2.38 bits per heavy atom. The van der Waals surface area contributed by atoms with Crippen LogP contribution in [0.4, 0.5) is 11.4 Å². The van der Waals surface area contributed by atoms with Gasteiger partial charge in [-0.25, -0.2) is 0 Å². The van der Waals surface area contributed by atoms with Crippen LogP contribution in [0, 0.1) is 0 Å². The second-order valence-corrected chi connectivity index (χ2v) is 5.42. The van der Waals surface area contributed by atoms with E-state index in [-0.39, 0.29) is 10.9 Å². The van der Waals surface area contributed by atoms with Crippen molar-refractivity contribution in [2.45, 2.75) is 0 Å². The number of nitrogen functional groups attached to an aromatic ring is 1. The average molecular weight is 346 g/mol. The van der Waals surface area contributed by atoms with Gasteiger partial charge >= 0.3 is 0 Å². The normalized spacial score (nSPS) is 10.3. The van der Waals surface area contributed by atoms with Crippen LogP contribution in [-0.4, -0.2) is 13.0 Å². The lowest BCUT2D eigenvalue weighted by molar-refractivity contribution is 0.102. The number of hydrogen-bond acceptors (Lipinski definition) is 3. The lowest BCUT2D eigenvalue weighted by atomic mass is 10.1. The third-order valence-electron chi connectivity index (χ3n) is 2.68. The summed E-state index contributed by atoms with van der Waals surface area (Å²) in [5.41, 5.74) is 6.83. The van der Waals surface area contributed by atoms with E-state index in [0.717, 1.165) is 0 Å². The maximum absolute atomic E-state index is 12.2. The number of ether oxygens (including phenoxy) is 1. The fourth-order valence-electron chi connectivity index (χ4n) is 1.68. The highest BCUT2D eigenvalue weighted by molar-refractivity contribution is 6.44. The van der Waals surface area contributed by atoms with Crippen molar-refractivity contribution in [3.63, 3.8) is 0 Å². The molecule has 4 nitrogen and oxygen atoms in total. The summed E-state index contributed by atoms with van der Waals surface area (Å²) in [6, 6.07) is 7.65. The van der Waals surface area contributed by atoms with Crippen molar-refractivity contribution in [3.05, 3.63) is 51.0 Å². The Labute approximate surface area is 136 Å². The molecule has 0 spiro atoms. The van der Waals surface area contributed by atoms with Gasteiger partial charge in [-0.15, -0.1) is 0 Å². The number of nitrogens with two attached hydrogens (primary N) is 1. The molecule has 3 N–H and O–H groups in total. The molecule has 1 amide bonds. The highest BCUT2D eigenvalue weighted by Crippen LogP contribution is 2.32. The Morgan fingerprint density at radius 1 is 1.05 bits per heavy atom. The summed E-state index contributed by atoms with van der Waals surface area (Å²) in [6.45, 7) is 0. The molecule has 0 aromatic heterocycles. The first kappa shape index (κ1) is 15.8. The number of rotatable bonds is 3. The van der Waals surface area contributed by atoms with Crippen LogP contribution in [0.5, 0.6) is 5.75 Å². The van der Waals surface area contributed by atoms with E-state index in [9.17, 15) is 4.79 Å². The van der Waals surface area contributed by atoms with Gasteiger partial charge in [-0.05, 0) is 24.3 Å². The minimum atomic E-state index is -0.388. The molecule has 0 bridgehead atoms. The monoisotopic (exact) mass is 344 g/mol. The Morgan fingerprint density at radius 2 is 1.71 bits per heavy atom. The molecule has 0 heterocycles. The van der Waals surface area contributed by atoms with Gasteiger partial charge in [0.2, 0.25) is 0 Å². The molecule has 0 saturated heterocycles. The number of carbonyl (C=O) groups excluding carboxylic acids is 1. The Balaban J connectivity index is 2.30. The standard InChI is InChI=1S/C14H11Cl3N2O2/c1-21-9-3-7(2-8(18)4-9)14(20)19-13-6-11(16)10(15)5-12(13)17/h2-6H,18H2,1H3,(H,19,20). The fourth-order valence-corrected chi connectivity index (χ4v) is 2.28. The first-order valence-corrected chi connectivity index (χ1v) is 6.94. The van der Waals surface area contributed by atoms with Crippen molar-refractivity contribution in [1.29, 1.82) is 0 Å². The van der Waals surface area contributed by atoms with Crippen LogP contribution < -0.4 is 15.8 Å². The summed E-state index contributed by atoms with van der Waals surface area (Å²) in [4.78, 5) is 12.2. The van der Waals surface area contributed by atoms with E-state index in [2.05, 4.69) is 5.32 Å². The van der Waals surface area contributed by atoms with Crippen molar-refractivity contribution in [1.82, 2.24) is 0 Å². The number of amides is 1. The van der Waals surface area contributed by atoms with E-state index < -0.39 is 0 Å². The number of halogens is 3. The van der Waals surface area contributed by atoms with Gasteiger partial charge in [0.25, 0.3) is 5.91 Å². The molecule has 2 aromatic rings. The van der Waals surface area contributed by atoms with Crippen LogP contribution in [0.3, 0.4) is 0 Å². The predicted octanol–water partition coefficient (Wildman–Crippen LogP) is 4.49. The molecular weight excluding hydrogens is 335 g/mol. The van der Waals surface area contributed by atoms with E-state index in [1.807, 2.05) is 0 Å². The molecule has 2 aromatic carbocycles. The van der Waals surface area contributed by atoms with Gasteiger partial charge in [0.05, 0.1) is 27.9 Å². The zero-order valence-corrected chi connectivity index (χ0v) is 13.2. The quantitative estimate of drug-likeness (QED) is 0.636. The lowest BCUT2D eigenvalue weighted by Gasteiger charge is -2.10. The molecule has 0 atom stereocenters. The molecule has 7 heteroatoms. The molecule has 0 aliphatic rings. The van der Waals surface area contributed by atoms with Crippen LogP contribution in [0.25, 0.3) is 0 Å². The van der Waals surface area contributed by atoms with Crippen LogP contribution in [0.15, 0.2) is 30.3 Å². The highest BCUT2D eigenvalue weighted by atomic mass is 35.5. The van der Waals surface area contributed by atoms with Gasteiger partial charge in [0.1, 0.15) is 5.75 Å². The third kappa shape index (κ3) is 3.73. The average Bonchev–Trinajstić information content (AvgIpc) is 2.43. The molecule has 0 unspecified atom stereocenters. The molecule has 0 saturated carbocycles. The Kier molecular flexibility index (Phi) is 4.83. The van der Waals surface area contributed by atoms with Crippen molar-refractivity contribution >= 4 is 52.1 Å². The second kappa shape index (κ2) is 6.43. The smallest absolute Gasteiger partial charge is 0.255 e. The SMILES string of the molecule is COc1cc(N)cc(C(=O)Nc2cc(Cl)c(Cl)cc2Cl)c1. The molecule has 0 aliphatic carbocycles. The van der Waals surface area contributed by atoms with Crippen molar-refractivity contribution < 1.29 is 9.53 Å². The molecule has 0 fully saturated rings. The van der Waals surface area contributed by atoms with E-state index >= 15 is 0 Å². The summed E-state index contributed by atoms with van der Waals surface area (Å²) in [5.74, 6) is 0.0984. The second-order valence-electron chi connectivity index (χ2n) is 4.20. The van der Waals surface area contributed by atoms with Crippen molar-refractivity contribution in [3.8, 4) is 5.75 Å². The number of anilines is 2. The minimum Gasteiger partial charge on any atom is -0.497 e. The van der Waals surface area contributed by atoms with Crippen molar-refractivity contribution in [2.75, 3.05) is 18.2 Å². The highest BCUT2D eigenvalue weighted by Gasteiger charge is 2.12. The molecule has 110 valence electrons. The van der Waals surface area contributed by atoms with Gasteiger partial charge in [0, 0.05) is 17.3 Å². The summed E-state index contributed by atoms with van der Waals surface area (Å²) >= 11 is 17.8. The maximum Gasteiger partial charge on any atom is 0.255 e. The molecule has 0 radical (unpaired) electrons. The summed E-state index contributed by atoms with van der Waals surface area (Å²) in [6.07, 6.45) is 0. The Bertz CT molecular complexity index is 705. The van der Waals surface area contributed by atoms with Gasteiger partial charge in [-0.3, -0.25) is 4.79 Å². The van der Waals surface area contributed by atoms with Crippen LogP contribution in [0.2, 0.25) is 15.1 Å². The van der Waals surface area contributed by atoms with E-state index in [0.29, 0.717) is 32.7 Å². The number of methoxy groups -OCH3 is 1. The number of hydrogen-bond donors (Lipinski definition) is 2. The van der Waals surface area contributed by atoms with Gasteiger partial charge < -0.3 is 15.8 Å². The van der Waals surface area contributed by atoms with Crippen molar-refractivity contribution in [2.24, 2.45) is 0 Å². The van der Waals surface area contributed by atoms with Crippen LogP contribution in [-0.2, 0) is 0 Å². The zero-order valence-electron chi connectivity index (χ0n) is 10.9. The number of nitrogens with one attached hydrogen (secondary N) is 1. The topological polar surface area (TPSA) is 64.3 Å². The van der Waals surface area contributed by atoms with Crippen LogP contribution in [0.1, 0.15) is 10.4 Å². The molecular formula is C14H11Cl3N2O2. The fraction of sp³-hybridized carbons (Fsp3) is 0.0714. The van der Waals surface area contributed by atoms with Gasteiger partial charge in [-0.2, -0.15) is 0 Å². The van der Waals surface area contributed by atoms with E-state index in [1.165, 1.54) is 25.3 Å². The zero-order chi connectivity index (χ0) is 15.6. The largest absolute Gasteiger partial charge is 0.497 e. The summed E-state index contributed by atoms with van der Waals surface area (Å²) in [5, 5.41) is 3.54. The van der Waals surface area contributed by atoms with E-state index in [4.69, 9.17) is 45.3 Å². The summed E-state index contributed by atoms with van der Waals surface area (Å²) in [7, 11) is 1.49. The van der Waals surface area contributed by atoms with Gasteiger partial charge in [-0.1, -0.05) is 34.8 Å². The third-order valence-corrected chi connectivity index (χ3v) is 3.72. The Hall–Kier alpha value is -1.62. The molecule has 21 heavy (non-hydrogen) atoms. The van der Waals surface area contributed by atoms with Crippen LogP contribution >= 0.6 is 34.8 Å². The van der Waals surface area contributed by atoms with Gasteiger partial charge in [0.15, 0.2) is 0 Å². The lowest BCUT2D eigenvalue weighted by Crippen LogP contribution is -2.13. The molecule has 2 rings (SSSR count). The maximum atomic E-state index is 12.2. The molecule has 0 aliphatic heterocycles. The first-order valence-electron chi connectivity index (χ1n) is 5.81. The first-order chi connectivity index (χ1) is 9.90. The number of carbonyl (C=O) groups is 1. The predicted molar refractivity (Wildman–Crippen MR) is 86.8 cm³/mol.